The number of rotatable bonds is 0. The Morgan fingerprint density at radius 3 is 0.531 bits per heavy atom. The van der Waals surface area contributed by atoms with E-state index in [1.165, 1.54) is 0 Å². The first-order valence-corrected chi connectivity index (χ1v) is 20.4. The molecule has 0 atom stereocenters. The monoisotopic (exact) mass is 760 g/mol. The topological polar surface area (TPSA) is 0 Å². The molecular formula is C24H24S4Se4. The van der Waals surface area contributed by atoms with Crippen molar-refractivity contribution in [1.29, 1.82) is 0 Å². The molecule has 0 unspecified atom stereocenters. The Labute approximate surface area is 232 Å². The quantitative estimate of drug-likeness (QED) is 0.210. The zero-order valence-corrected chi connectivity index (χ0v) is 29.4. The fourth-order valence-electron chi connectivity index (χ4n) is 3.29. The number of thiophene rings is 4. The van der Waals surface area contributed by atoms with E-state index in [9.17, 15) is 0 Å². The molecule has 32 heavy (non-hydrogen) atoms. The van der Waals surface area contributed by atoms with Crippen molar-refractivity contribution >= 4 is 135 Å². The second kappa shape index (κ2) is 9.40. The molecule has 4 aromatic rings. The van der Waals surface area contributed by atoms with Crippen LogP contribution in [0.1, 0.15) is 44.5 Å². The maximum atomic E-state index is 2.37. The van der Waals surface area contributed by atoms with Crippen molar-refractivity contribution in [3.05, 3.63) is 44.5 Å². The fourth-order valence-corrected chi connectivity index (χ4v) is 27.4. The molecule has 1 aliphatic rings. The van der Waals surface area contributed by atoms with E-state index in [4.69, 9.17) is 0 Å². The zero-order chi connectivity index (χ0) is 22.9. The van der Waals surface area contributed by atoms with Gasteiger partial charge in [-0.05, 0) is 0 Å². The molecule has 0 saturated heterocycles. The van der Waals surface area contributed by atoms with Gasteiger partial charge in [0.1, 0.15) is 0 Å². The third-order valence-corrected chi connectivity index (χ3v) is 26.0. The van der Waals surface area contributed by atoms with Crippen LogP contribution >= 0.6 is 45.3 Å². The Kier molecular flexibility index (Phi) is 7.21. The van der Waals surface area contributed by atoms with Crippen LogP contribution in [0.3, 0.4) is 0 Å². The molecule has 0 saturated carbocycles. The summed E-state index contributed by atoms with van der Waals surface area (Å²) in [7, 11) is 0. The Morgan fingerprint density at radius 2 is 0.406 bits per heavy atom. The summed E-state index contributed by atoms with van der Waals surface area (Å²) in [5.41, 5.74) is 12.5. The molecule has 0 fully saturated rings. The first-order chi connectivity index (χ1) is 15.2. The Hall–Kier alpha value is 0.878. The Morgan fingerprint density at radius 1 is 0.281 bits per heavy atom. The van der Waals surface area contributed by atoms with Gasteiger partial charge in [0, 0.05) is 0 Å². The molecule has 0 nitrogen and oxygen atoms in total. The summed E-state index contributed by atoms with van der Waals surface area (Å²) in [4.78, 5) is 0. The third kappa shape index (κ3) is 4.21. The molecule has 0 amide bonds. The molecule has 0 spiro atoms. The molecule has 1 aliphatic heterocycles. The molecule has 0 N–H and O–H groups in total. The van der Waals surface area contributed by atoms with Crippen molar-refractivity contribution in [2.45, 2.75) is 55.4 Å². The molecule has 168 valence electrons. The van der Waals surface area contributed by atoms with E-state index >= 15 is 0 Å². The fraction of sp³-hybridized carbons (Fsp3) is 0.333. The summed E-state index contributed by atoms with van der Waals surface area (Å²) in [6.45, 7) is 19.0. The molecule has 5 heterocycles. The predicted octanol–water partition coefficient (Wildman–Crippen LogP) is 1.33. The molecular weight excluding hydrogens is 732 g/mol. The van der Waals surface area contributed by atoms with Crippen molar-refractivity contribution in [2.24, 2.45) is 0 Å². The number of fused-ring (bicyclic) bond motifs is 8. The number of hydrogen-bond donors (Lipinski definition) is 0. The van der Waals surface area contributed by atoms with Crippen LogP contribution in [0.4, 0.5) is 0 Å². The third-order valence-electron chi connectivity index (χ3n) is 6.18. The Bertz CT molecular complexity index is 1070. The van der Waals surface area contributed by atoms with Crippen molar-refractivity contribution in [3.63, 3.8) is 0 Å². The van der Waals surface area contributed by atoms with E-state index in [2.05, 4.69) is 101 Å². The van der Waals surface area contributed by atoms with Gasteiger partial charge in [-0.3, -0.25) is 0 Å². The second-order valence-electron chi connectivity index (χ2n) is 8.12. The van der Waals surface area contributed by atoms with Crippen molar-refractivity contribution in [1.82, 2.24) is 0 Å². The van der Waals surface area contributed by atoms with Gasteiger partial charge in [-0.15, -0.1) is 0 Å². The summed E-state index contributed by atoms with van der Waals surface area (Å²) >= 11 is 10.2. The molecule has 5 rings (SSSR count). The summed E-state index contributed by atoms with van der Waals surface area (Å²) in [5, 5.41) is 0. The minimum absolute atomic E-state index is 0.430. The van der Waals surface area contributed by atoms with E-state index in [1.54, 1.807) is 74.7 Å². The van der Waals surface area contributed by atoms with Crippen LogP contribution in [-0.4, -0.2) is 59.8 Å². The van der Waals surface area contributed by atoms with Gasteiger partial charge in [0.15, 0.2) is 0 Å². The molecule has 8 heteroatoms. The van der Waals surface area contributed by atoms with Crippen LogP contribution in [0, 0.1) is 55.4 Å². The maximum absolute atomic E-state index is 2.37. The van der Waals surface area contributed by atoms with Crippen molar-refractivity contribution in [2.75, 3.05) is 0 Å². The van der Waals surface area contributed by atoms with Gasteiger partial charge >= 0.3 is 235 Å². The van der Waals surface area contributed by atoms with E-state index in [0.29, 0.717) is 59.8 Å². The average molecular weight is 757 g/mol. The van der Waals surface area contributed by atoms with Gasteiger partial charge in [0.2, 0.25) is 0 Å². The molecule has 4 aromatic heterocycles. The molecule has 8 bridgehead atoms. The van der Waals surface area contributed by atoms with Crippen molar-refractivity contribution < 1.29 is 0 Å². The summed E-state index contributed by atoms with van der Waals surface area (Å²) in [6.07, 6.45) is 0. The first kappa shape index (κ1) is 24.6. The predicted molar refractivity (Wildman–Crippen MR) is 155 cm³/mol. The molecule has 0 radical (unpaired) electrons. The van der Waals surface area contributed by atoms with Crippen LogP contribution < -0.4 is 30.2 Å². The van der Waals surface area contributed by atoms with Gasteiger partial charge < -0.3 is 0 Å². The minimum atomic E-state index is 0.430. The van der Waals surface area contributed by atoms with E-state index in [-0.39, 0.29) is 0 Å². The van der Waals surface area contributed by atoms with Crippen LogP contribution in [0.2, 0.25) is 0 Å². The van der Waals surface area contributed by atoms with Gasteiger partial charge in [-0.2, -0.15) is 0 Å². The SMILES string of the molecule is Cc1c2sc(c1C)[Se]c1sc(c(C)c1C)[Se]c1sc(c(C)c1C)[Se]c1sc(c(C)c1C)[Se]2. The van der Waals surface area contributed by atoms with Gasteiger partial charge in [0.05, 0.1) is 0 Å². The van der Waals surface area contributed by atoms with Crippen LogP contribution in [0.25, 0.3) is 0 Å². The van der Waals surface area contributed by atoms with Gasteiger partial charge in [0.25, 0.3) is 0 Å². The van der Waals surface area contributed by atoms with Crippen LogP contribution in [0.5, 0.6) is 0 Å². The van der Waals surface area contributed by atoms with Crippen LogP contribution in [-0.2, 0) is 0 Å². The van der Waals surface area contributed by atoms with E-state index < -0.39 is 0 Å². The zero-order valence-electron chi connectivity index (χ0n) is 19.3. The summed E-state index contributed by atoms with van der Waals surface area (Å²) in [6, 6.07) is 0. The standard InChI is InChI=1S/C24H24S4Se4/c1-9-10(2)18-25-17(9)29-19-11(3)12(4)21(26-19)31-23-15(7)16(8)24(28-23)32-22-14(6)13(5)20(27-22)30-18/h1-8H3. The number of hydrogen-bond acceptors (Lipinski definition) is 4. The normalized spacial score (nSPS) is 13.8. The summed E-state index contributed by atoms with van der Waals surface area (Å²) in [5.74, 6) is 0. The Balaban J connectivity index is 1.70. The van der Waals surface area contributed by atoms with E-state index in [1.807, 2.05) is 0 Å². The average Bonchev–Trinajstić information content (AvgIpc) is 3.37. The molecule has 0 aromatic carbocycles. The summed E-state index contributed by atoms with van der Waals surface area (Å²) < 4.78 is 13.2. The van der Waals surface area contributed by atoms with E-state index in [0.717, 1.165) is 0 Å². The van der Waals surface area contributed by atoms with Gasteiger partial charge in [-0.1, -0.05) is 0 Å². The second-order valence-corrected chi connectivity index (χ2v) is 25.4. The van der Waals surface area contributed by atoms with Gasteiger partial charge in [-0.25, -0.2) is 0 Å². The van der Waals surface area contributed by atoms with Crippen molar-refractivity contribution in [3.8, 4) is 0 Å². The first-order valence-electron chi connectivity index (χ1n) is 10.3. The van der Waals surface area contributed by atoms with Crippen LogP contribution in [0.15, 0.2) is 0 Å². The molecule has 0 aliphatic carbocycles.